The number of aliphatic imine (C=N–C) groups is 1. The molecule has 0 unspecified atom stereocenters. The van der Waals surface area contributed by atoms with Crippen molar-refractivity contribution in [2.75, 3.05) is 13.1 Å². The number of phenolic OH excluding ortho intramolecular Hbond substituents is 1. The maximum Gasteiger partial charge on any atom is 0.390 e. The quantitative estimate of drug-likeness (QED) is 0.445. The third-order valence-corrected chi connectivity index (χ3v) is 2.48. The summed E-state index contributed by atoms with van der Waals surface area (Å²) in [6.45, 7) is 2.06. The van der Waals surface area contributed by atoms with E-state index in [2.05, 4.69) is 15.6 Å². The molecule has 1 aromatic rings. The highest BCUT2D eigenvalue weighted by atomic mass is 19.4. The van der Waals surface area contributed by atoms with E-state index < -0.39 is 24.2 Å². The lowest BCUT2D eigenvalue weighted by atomic mass is 10.2. The van der Waals surface area contributed by atoms with Gasteiger partial charge in [-0.3, -0.25) is 0 Å². The SMILES string of the molecule is CCNC(=NCc1ccc(O)c(F)c1)NCCC(F)(F)F. The van der Waals surface area contributed by atoms with Crippen LogP contribution in [0.2, 0.25) is 0 Å². The summed E-state index contributed by atoms with van der Waals surface area (Å²) in [5.74, 6) is -1.01. The van der Waals surface area contributed by atoms with E-state index in [-0.39, 0.29) is 19.0 Å². The fraction of sp³-hybridized carbons (Fsp3) is 0.462. The minimum absolute atomic E-state index is 0.0819. The number of halogens is 4. The highest BCUT2D eigenvalue weighted by Crippen LogP contribution is 2.18. The molecule has 8 heteroatoms. The monoisotopic (exact) mass is 307 g/mol. The Balaban J connectivity index is 2.60. The summed E-state index contributed by atoms with van der Waals surface area (Å²) in [6, 6.07) is 3.81. The summed E-state index contributed by atoms with van der Waals surface area (Å²) in [5.41, 5.74) is 0.498. The van der Waals surface area contributed by atoms with Gasteiger partial charge in [-0.05, 0) is 24.6 Å². The smallest absolute Gasteiger partial charge is 0.390 e. The van der Waals surface area contributed by atoms with E-state index in [9.17, 15) is 17.6 Å². The van der Waals surface area contributed by atoms with Crippen LogP contribution in [0.1, 0.15) is 18.9 Å². The molecule has 0 aliphatic rings. The van der Waals surface area contributed by atoms with Crippen molar-refractivity contribution in [3.8, 4) is 5.75 Å². The predicted octanol–water partition coefficient (Wildman–Crippen LogP) is 2.54. The topological polar surface area (TPSA) is 56.7 Å². The van der Waals surface area contributed by atoms with Crippen molar-refractivity contribution in [1.29, 1.82) is 0 Å². The Bertz CT molecular complexity index is 489. The van der Waals surface area contributed by atoms with Crippen molar-refractivity contribution < 1.29 is 22.7 Å². The molecule has 1 aromatic carbocycles. The number of alkyl halides is 3. The molecule has 118 valence electrons. The summed E-state index contributed by atoms with van der Waals surface area (Å²) >= 11 is 0. The fourth-order valence-electron chi connectivity index (χ4n) is 1.48. The van der Waals surface area contributed by atoms with Crippen LogP contribution in [0.15, 0.2) is 23.2 Å². The molecule has 0 bridgehead atoms. The maximum atomic E-state index is 13.1. The van der Waals surface area contributed by atoms with Gasteiger partial charge in [0.25, 0.3) is 0 Å². The normalized spacial score (nSPS) is 12.3. The first kappa shape index (κ1) is 17.1. The largest absolute Gasteiger partial charge is 0.505 e. The zero-order chi connectivity index (χ0) is 15.9. The lowest BCUT2D eigenvalue weighted by molar-refractivity contribution is -0.132. The summed E-state index contributed by atoms with van der Waals surface area (Å²) in [7, 11) is 0. The Morgan fingerprint density at radius 2 is 2.00 bits per heavy atom. The summed E-state index contributed by atoms with van der Waals surface area (Å²) < 4.78 is 49.3. The second-order valence-electron chi connectivity index (χ2n) is 4.27. The number of nitrogens with zero attached hydrogens (tertiary/aromatic N) is 1. The molecule has 0 aliphatic carbocycles. The molecule has 3 N–H and O–H groups in total. The summed E-state index contributed by atoms with van der Waals surface area (Å²) in [4.78, 5) is 4.05. The molecule has 0 atom stereocenters. The second-order valence-corrected chi connectivity index (χ2v) is 4.27. The zero-order valence-corrected chi connectivity index (χ0v) is 11.5. The van der Waals surface area contributed by atoms with E-state index in [0.29, 0.717) is 12.1 Å². The number of rotatable bonds is 5. The van der Waals surface area contributed by atoms with Crippen LogP contribution in [0.5, 0.6) is 5.75 Å². The summed E-state index contributed by atoms with van der Waals surface area (Å²) in [5, 5.41) is 14.4. The van der Waals surface area contributed by atoms with Gasteiger partial charge in [-0.2, -0.15) is 13.2 Å². The molecule has 0 saturated carbocycles. The van der Waals surface area contributed by atoms with Crippen molar-refractivity contribution in [1.82, 2.24) is 10.6 Å². The van der Waals surface area contributed by atoms with Gasteiger partial charge in [0.2, 0.25) is 0 Å². The molecule has 21 heavy (non-hydrogen) atoms. The molecule has 4 nitrogen and oxygen atoms in total. The zero-order valence-electron chi connectivity index (χ0n) is 11.5. The number of phenols is 1. The average Bonchev–Trinajstić information content (AvgIpc) is 2.38. The van der Waals surface area contributed by atoms with Gasteiger partial charge in [0.1, 0.15) is 0 Å². The number of guanidine groups is 1. The van der Waals surface area contributed by atoms with Crippen LogP contribution in [-0.2, 0) is 6.54 Å². The first-order valence-corrected chi connectivity index (χ1v) is 6.38. The first-order chi connectivity index (χ1) is 9.81. The third-order valence-electron chi connectivity index (χ3n) is 2.48. The first-order valence-electron chi connectivity index (χ1n) is 6.38. The van der Waals surface area contributed by atoms with Gasteiger partial charge in [-0.15, -0.1) is 0 Å². The Labute approximate surface area is 119 Å². The van der Waals surface area contributed by atoms with Crippen LogP contribution >= 0.6 is 0 Å². The van der Waals surface area contributed by atoms with Gasteiger partial charge in [-0.25, -0.2) is 9.38 Å². The van der Waals surface area contributed by atoms with Crippen molar-refractivity contribution in [3.05, 3.63) is 29.6 Å². The molecular weight excluding hydrogens is 290 g/mol. The van der Waals surface area contributed by atoms with Gasteiger partial charge < -0.3 is 15.7 Å². The van der Waals surface area contributed by atoms with E-state index in [1.807, 2.05) is 0 Å². The third kappa shape index (κ3) is 6.82. The highest BCUT2D eigenvalue weighted by molar-refractivity contribution is 5.79. The van der Waals surface area contributed by atoms with E-state index in [4.69, 9.17) is 5.11 Å². The van der Waals surface area contributed by atoms with E-state index >= 15 is 0 Å². The van der Waals surface area contributed by atoms with Gasteiger partial charge in [0.05, 0.1) is 13.0 Å². The number of benzene rings is 1. The molecule has 0 spiro atoms. The summed E-state index contributed by atoms with van der Waals surface area (Å²) in [6.07, 6.45) is -5.20. The van der Waals surface area contributed by atoms with Crippen LogP contribution in [0, 0.1) is 5.82 Å². The maximum absolute atomic E-state index is 13.1. The average molecular weight is 307 g/mol. The lowest BCUT2D eigenvalue weighted by Crippen LogP contribution is -2.38. The highest BCUT2D eigenvalue weighted by Gasteiger charge is 2.26. The van der Waals surface area contributed by atoms with Crippen molar-refractivity contribution >= 4 is 5.96 Å². The molecule has 0 amide bonds. The lowest BCUT2D eigenvalue weighted by Gasteiger charge is -2.12. The van der Waals surface area contributed by atoms with Crippen LogP contribution < -0.4 is 10.6 Å². The molecule has 1 rings (SSSR count). The second kappa shape index (κ2) is 7.70. The van der Waals surface area contributed by atoms with Crippen LogP contribution in [0.4, 0.5) is 17.6 Å². The molecule has 0 aliphatic heterocycles. The Morgan fingerprint density at radius 3 is 2.57 bits per heavy atom. The minimum Gasteiger partial charge on any atom is -0.505 e. The van der Waals surface area contributed by atoms with Gasteiger partial charge >= 0.3 is 6.18 Å². The van der Waals surface area contributed by atoms with Crippen molar-refractivity contribution in [2.45, 2.75) is 26.1 Å². The number of hydrogen-bond acceptors (Lipinski definition) is 2. The van der Waals surface area contributed by atoms with Gasteiger partial charge in [0.15, 0.2) is 17.5 Å². The number of hydrogen-bond donors (Lipinski definition) is 3. The molecule has 0 radical (unpaired) electrons. The van der Waals surface area contributed by atoms with Crippen molar-refractivity contribution in [2.24, 2.45) is 4.99 Å². The van der Waals surface area contributed by atoms with Gasteiger partial charge in [-0.1, -0.05) is 6.07 Å². The van der Waals surface area contributed by atoms with Crippen LogP contribution in [-0.4, -0.2) is 30.3 Å². The van der Waals surface area contributed by atoms with Crippen LogP contribution in [0.3, 0.4) is 0 Å². The minimum atomic E-state index is -4.23. The number of nitrogens with one attached hydrogen (secondary N) is 2. The molecule has 0 heterocycles. The predicted molar refractivity (Wildman–Crippen MR) is 71.6 cm³/mol. The molecule has 0 aromatic heterocycles. The number of aromatic hydroxyl groups is 1. The van der Waals surface area contributed by atoms with Crippen LogP contribution in [0.25, 0.3) is 0 Å². The Morgan fingerprint density at radius 1 is 1.29 bits per heavy atom. The standard InChI is InChI=1S/C13H17F4N3O/c1-2-18-12(19-6-5-13(15,16)17)20-8-9-3-4-11(21)10(14)7-9/h3-4,7,21H,2,5-6,8H2,1H3,(H2,18,19,20). The van der Waals surface area contributed by atoms with Crippen molar-refractivity contribution in [3.63, 3.8) is 0 Å². The Kier molecular flexibility index (Phi) is 6.26. The fourth-order valence-corrected chi connectivity index (χ4v) is 1.48. The molecule has 0 fully saturated rings. The van der Waals surface area contributed by atoms with E-state index in [1.54, 1.807) is 6.92 Å². The molecular formula is C13H17F4N3O. The Hall–Kier alpha value is -1.99. The van der Waals surface area contributed by atoms with Gasteiger partial charge in [0, 0.05) is 13.1 Å². The molecule has 0 saturated heterocycles. The van der Waals surface area contributed by atoms with E-state index in [1.165, 1.54) is 12.1 Å². The van der Waals surface area contributed by atoms with E-state index in [0.717, 1.165) is 6.07 Å².